The molecule has 1 heterocycles. The van der Waals surface area contributed by atoms with Gasteiger partial charge in [0.2, 0.25) is 0 Å². The number of unbranched alkanes of at least 4 members (excludes halogenated alkanes) is 5. The molecule has 0 radical (unpaired) electrons. The number of halogens is 2. The van der Waals surface area contributed by atoms with Crippen LogP contribution in [0.3, 0.4) is 0 Å². The zero-order chi connectivity index (χ0) is 15.9. The molecule has 21 heavy (non-hydrogen) atoms. The SMILES string of the molecule is CCCCCCCC(C)(CCCC)n1nc(Br)c(C)c1I. The highest BCUT2D eigenvalue weighted by Gasteiger charge is 2.29. The molecule has 0 bridgehead atoms. The maximum atomic E-state index is 4.78. The molecule has 4 heteroatoms. The van der Waals surface area contributed by atoms with Crippen LogP contribution in [0.1, 0.15) is 84.1 Å². The summed E-state index contributed by atoms with van der Waals surface area (Å²) in [5.41, 5.74) is 1.43. The molecule has 2 nitrogen and oxygen atoms in total. The van der Waals surface area contributed by atoms with Crippen molar-refractivity contribution in [2.75, 3.05) is 0 Å². The number of nitrogens with zero attached hydrogens (tertiary/aromatic N) is 2. The van der Waals surface area contributed by atoms with E-state index in [4.69, 9.17) is 5.10 Å². The first-order chi connectivity index (χ1) is 9.96. The smallest absolute Gasteiger partial charge is 0.132 e. The van der Waals surface area contributed by atoms with Gasteiger partial charge in [0.15, 0.2) is 0 Å². The first-order valence-corrected chi connectivity index (χ1v) is 10.2. The van der Waals surface area contributed by atoms with E-state index in [2.05, 4.69) is 70.9 Å². The third-order valence-corrected chi connectivity index (χ3v) is 6.41. The van der Waals surface area contributed by atoms with Gasteiger partial charge < -0.3 is 0 Å². The van der Waals surface area contributed by atoms with E-state index in [1.807, 2.05) is 0 Å². The van der Waals surface area contributed by atoms with Gasteiger partial charge in [-0.3, -0.25) is 4.68 Å². The van der Waals surface area contributed by atoms with Gasteiger partial charge >= 0.3 is 0 Å². The molecule has 0 amide bonds. The van der Waals surface area contributed by atoms with Gasteiger partial charge in [0.25, 0.3) is 0 Å². The minimum atomic E-state index is 0.162. The Kier molecular flexibility index (Phi) is 8.84. The molecule has 1 atom stereocenters. The van der Waals surface area contributed by atoms with E-state index in [0.29, 0.717) is 0 Å². The van der Waals surface area contributed by atoms with Crippen LogP contribution in [0.15, 0.2) is 4.60 Å². The fourth-order valence-electron chi connectivity index (χ4n) is 2.81. The van der Waals surface area contributed by atoms with E-state index in [9.17, 15) is 0 Å². The van der Waals surface area contributed by atoms with E-state index in [-0.39, 0.29) is 5.54 Å². The summed E-state index contributed by atoms with van der Waals surface area (Å²) in [6.07, 6.45) is 11.7. The Morgan fingerprint density at radius 1 is 1.05 bits per heavy atom. The normalized spacial score (nSPS) is 14.4. The number of hydrogen-bond donors (Lipinski definition) is 0. The molecule has 0 spiro atoms. The van der Waals surface area contributed by atoms with E-state index in [1.165, 1.54) is 67.1 Å². The summed E-state index contributed by atoms with van der Waals surface area (Å²) in [6.45, 7) is 9.09. The summed E-state index contributed by atoms with van der Waals surface area (Å²) in [5.74, 6) is 0. The molecule has 1 rings (SSSR count). The molecular formula is C17H30BrIN2. The fourth-order valence-corrected chi connectivity index (χ4v) is 4.47. The van der Waals surface area contributed by atoms with Gasteiger partial charge in [-0.15, -0.1) is 0 Å². The monoisotopic (exact) mass is 468 g/mol. The second-order valence-electron chi connectivity index (χ2n) is 6.38. The predicted octanol–water partition coefficient (Wildman–Crippen LogP) is 6.82. The fraction of sp³-hybridized carbons (Fsp3) is 0.824. The van der Waals surface area contributed by atoms with Crippen molar-refractivity contribution in [3.8, 4) is 0 Å². The molecule has 0 aliphatic rings. The molecule has 0 saturated carbocycles. The summed E-state index contributed by atoms with van der Waals surface area (Å²) in [4.78, 5) is 0. The highest BCUT2D eigenvalue weighted by atomic mass is 127. The maximum absolute atomic E-state index is 4.78. The molecule has 0 aliphatic carbocycles. The zero-order valence-electron chi connectivity index (χ0n) is 14.0. The standard InChI is InChI=1S/C17H30BrIN2/c1-5-7-9-10-11-13-17(4,12-8-6-2)21-16(19)14(3)15(18)20-21/h5-13H2,1-4H3. The topological polar surface area (TPSA) is 17.8 Å². The van der Waals surface area contributed by atoms with Crippen molar-refractivity contribution < 1.29 is 0 Å². The molecule has 122 valence electrons. The molecule has 0 aliphatic heterocycles. The third kappa shape index (κ3) is 5.52. The summed E-state index contributed by atoms with van der Waals surface area (Å²) in [6, 6.07) is 0. The lowest BCUT2D eigenvalue weighted by atomic mass is 9.88. The van der Waals surface area contributed by atoms with Crippen molar-refractivity contribution in [3.63, 3.8) is 0 Å². The third-order valence-electron chi connectivity index (χ3n) is 4.39. The van der Waals surface area contributed by atoms with Gasteiger partial charge in [0.1, 0.15) is 8.30 Å². The van der Waals surface area contributed by atoms with Gasteiger partial charge in [-0.05, 0) is 65.2 Å². The van der Waals surface area contributed by atoms with Crippen LogP contribution in [0, 0.1) is 10.6 Å². The molecule has 0 saturated heterocycles. The van der Waals surface area contributed by atoms with E-state index >= 15 is 0 Å². The van der Waals surface area contributed by atoms with Crippen molar-refractivity contribution in [2.45, 2.75) is 91.0 Å². The van der Waals surface area contributed by atoms with E-state index < -0.39 is 0 Å². The zero-order valence-corrected chi connectivity index (χ0v) is 17.8. The Bertz CT molecular complexity index is 431. The first-order valence-electron chi connectivity index (χ1n) is 8.37. The van der Waals surface area contributed by atoms with Crippen molar-refractivity contribution in [3.05, 3.63) is 13.9 Å². The Labute approximate surface area is 152 Å². The van der Waals surface area contributed by atoms with E-state index in [1.54, 1.807) is 0 Å². The van der Waals surface area contributed by atoms with Crippen molar-refractivity contribution in [1.29, 1.82) is 0 Å². The first kappa shape index (κ1) is 19.5. The largest absolute Gasteiger partial charge is 0.252 e. The molecular weight excluding hydrogens is 439 g/mol. The van der Waals surface area contributed by atoms with Gasteiger partial charge in [-0.1, -0.05) is 58.8 Å². The lowest BCUT2D eigenvalue weighted by Crippen LogP contribution is -2.32. The predicted molar refractivity (Wildman–Crippen MR) is 104 cm³/mol. The summed E-state index contributed by atoms with van der Waals surface area (Å²) >= 11 is 6.04. The lowest BCUT2D eigenvalue weighted by Gasteiger charge is -2.31. The van der Waals surface area contributed by atoms with Gasteiger partial charge in [0, 0.05) is 5.56 Å². The van der Waals surface area contributed by atoms with Crippen LogP contribution in [0.2, 0.25) is 0 Å². The minimum Gasteiger partial charge on any atom is -0.252 e. The molecule has 0 aromatic carbocycles. The molecule has 1 aromatic rings. The van der Waals surface area contributed by atoms with Crippen molar-refractivity contribution >= 4 is 38.5 Å². The number of rotatable bonds is 10. The number of hydrogen-bond acceptors (Lipinski definition) is 1. The van der Waals surface area contributed by atoms with Crippen LogP contribution in [0.25, 0.3) is 0 Å². The Balaban J connectivity index is 2.79. The minimum absolute atomic E-state index is 0.162. The van der Waals surface area contributed by atoms with Crippen LogP contribution in [0.5, 0.6) is 0 Å². The van der Waals surface area contributed by atoms with Gasteiger partial charge in [-0.25, -0.2) is 0 Å². The second-order valence-corrected chi connectivity index (χ2v) is 8.16. The Morgan fingerprint density at radius 2 is 1.62 bits per heavy atom. The van der Waals surface area contributed by atoms with Gasteiger partial charge in [0.05, 0.1) is 5.54 Å². The van der Waals surface area contributed by atoms with E-state index in [0.717, 1.165) is 4.60 Å². The lowest BCUT2D eigenvalue weighted by molar-refractivity contribution is 0.223. The highest BCUT2D eigenvalue weighted by molar-refractivity contribution is 14.1. The Hall–Kier alpha value is 0.420. The highest BCUT2D eigenvalue weighted by Crippen LogP contribution is 2.34. The summed E-state index contributed by atoms with van der Waals surface area (Å²) in [7, 11) is 0. The van der Waals surface area contributed by atoms with Crippen LogP contribution in [-0.4, -0.2) is 9.78 Å². The average molecular weight is 469 g/mol. The quantitative estimate of drug-likeness (QED) is 0.272. The summed E-state index contributed by atoms with van der Waals surface area (Å²) in [5, 5.41) is 4.78. The van der Waals surface area contributed by atoms with Crippen molar-refractivity contribution in [1.82, 2.24) is 9.78 Å². The van der Waals surface area contributed by atoms with Crippen molar-refractivity contribution in [2.24, 2.45) is 0 Å². The number of aromatic nitrogens is 2. The van der Waals surface area contributed by atoms with Crippen LogP contribution in [0.4, 0.5) is 0 Å². The molecule has 1 unspecified atom stereocenters. The molecule has 0 N–H and O–H groups in total. The Morgan fingerprint density at radius 3 is 2.14 bits per heavy atom. The van der Waals surface area contributed by atoms with Crippen LogP contribution >= 0.6 is 38.5 Å². The van der Waals surface area contributed by atoms with Crippen LogP contribution < -0.4 is 0 Å². The molecule has 1 aromatic heterocycles. The maximum Gasteiger partial charge on any atom is 0.132 e. The molecule has 0 fully saturated rings. The van der Waals surface area contributed by atoms with Gasteiger partial charge in [-0.2, -0.15) is 5.10 Å². The average Bonchev–Trinajstić information content (AvgIpc) is 2.73. The summed E-state index contributed by atoms with van der Waals surface area (Å²) < 4.78 is 4.56. The van der Waals surface area contributed by atoms with Crippen LogP contribution in [-0.2, 0) is 5.54 Å². The second kappa shape index (κ2) is 9.53.